The summed E-state index contributed by atoms with van der Waals surface area (Å²) in [6.45, 7) is 0.616. The van der Waals surface area contributed by atoms with Crippen LogP contribution in [0.3, 0.4) is 0 Å². The summed E-state index contributed by atoms with van der Waals surface area (Å²) in [5, 5.41) is 5.98. The van der Waals surface area contributed by atoms with Gasteiger partial charge in [-0.05, 0) is 30.5 Å². The minimum atomic E-state index is -0.157. The first kappa shape index (κ1) is 16.7. The van der Waals surface area contributed by atoms with Gasteiger partial charge in [0.15, 0.2) is 17.1 Å². The van der Waals surface area contributed by atoms with Crippen LogP contribution in [0.1, 0.15) is 37.7 Å². The SMILES string of the molecule is O=c1n(Cc2ccc3c(c2)OCO3)nc2c(SC3CCCCC3)nccn12. The summed E-state index contributed by atoms with van der Waals surface area (Å²) in [7, 11) is 0. The van der Waals surface area contributed by atoms with Crippen LogP contribution in [0.5, 0.6) is 11.5 Å². The van der Waals surface area contributed by atoms with E-state index in [4.69, 9.17) is 9.47 Å². The molecule has 0 spiro atoms. The Kier molecular flexibility index (Phi) is 4.27. The second-order valence-corrected chi connectivity index (χ2v) is 8.22. The van der Waals surface area contributed by atoms with Crippen molar-refractivity contribution in [2.75, 3.05) is 6.79 Å². The van der Waals surface area contributed by atoms with E-state index in [-0.39, 0.29) is 12.5 Å². The maximum Gasteiger partial charge on any atom is 0.350 e. The second kappa shape index (κ2) is 6.92. The lowest BCUT2D eigenvalue weighted by molar-refractivity contribution is 0.174. The third-order valence-corrected chi connectivity index (χ3v) is 6.39. The molecule has 2 aliphatic rings. The Labute approximate surface area is 160 Å². The average Bonchev–Trinajstić information content (AvgIpc) is 3.28. The van der Waals surface area contributed by atoms with Crippen LogP contribution in [0.15, 0.2) is 40.4 Å². The lowest BCUT2D eigenvalue weighted by Gasteiger charge is -2.20. The van der Waals surface area contributed by atoms with Crippen LogP contribution in [-0.4, -0.2) is 31.2 Å². The van der Waals surface area contributed by atoms with E-state index in [1.807, 2.05) is 18.2 Å². The normalized spacial score (nSPS) is 16.9. The zero-order valence-corrected chi connectivity index (χ0v) is 15.7. The first-order valence-electron chi connectivity index (χ1n) is 9.27. The molecule has 1 aliphatic carbocycles. The van der Waals surface area contributed by atoms with Crippen molar-refractivity contribution in [2.45, 2.75) is 48.9 Å². The highest BCUT2D eigenvalue weighted by Crippen LogP contribution is 2.34. The zero-order valence-electron chi connectivity index (χ0n) is 14.8. The monoisotopic (exact) mass is 384 g/mol. The molecule has 1 aliphatic heterocycles. The summed E-state index contributed by atoms with van der Waals surface area (Å²) >= 11 is 1.76. The predicted molar refractivity (Wildman–Crippen MR) is 102 cm³/mol. The van der Waals surface area contributed by atoms with E-state index >= 15 is 0 Å². The molecule has 0 bridgehead atoms. The summed E-state index contributed by atoms with van der Waals surface area (Å²) in [6, 6.07) is 5.69. The van der Waals surface area contributed by atoms with Gasteiger partial charge in [-0.2, -0.15) is 0 Å². The summed E-state index contributed by atoms with van der Waals surface area (Å²) < 4.78 is 13.8. The molecule has 0 radical (unpaired) electrons. The van der Waals surface area contributed by atoms with Gasteiger partial charge in [0.2, 0.25) is 6.79 Å². The van der Waals surface area contributed by atoms with Crippen molar-refractivity contribution in [3.8, 4) is 11.5 Å². The Bertz CT molecular complexity index is 1040. The van der Waals surface area contributed by atoms with Crippen LogP contribution in [0.2, 0.25) is 0 Å². The van der Waals surface area contributed by atoms with Crippen LogP contribution in [-0.2, 0) is 6.54 Å². The molecule has 140 valence electrons. The van der Waals surface area contributed by atoms with Crippen LogP contribution in [0.4, 0.5) is 0 Å². The lowest BCUT2D eigenvalue weighted by Crippen LogP contribution is -2.21. The van der Waals surface area contributed by atoms with E-state index < -0.39 is 0 Å². The summed E-state index contributed by atoms with van der Waals surface area (Å²) in [5.41, 5.74) is 1.42. The van der Waals surface area contributed by atoms with E-state index in [1.165, 1.54) is 36.8 Å². The van der Waals surface area contributed by atoms with Crippen molar-refractivity contribution < 1.29 is 9.47 Å². The first-order valence-corrected chi connectivity index (χ1v) is 10.2. The lowest BCUT2D eigenvalue weighted by atomic mass is 10.0. The third-order valence-electron chi connectivity index (χ3n) is 5.07. The number of nitrogens with zero attached hydrogens (tertiary/aromatic N) is 4. The topological polar surface area (TPSA) is 70.7 Å². The molecule has 0 atom stereocenters. The number of hydrogen-bond donors (Lipinski definition) is 0. The third kappa shape index (κ3) is 3.18. The fourth-order valence-electron chi connectivity index (χ4n) is 3.67. The summed E-state index contributed by atoms with van der Waals surface area (Å²) in [5.74, 6) is 1.44. The van der Waals surface area contributed by atoms with Crippen molar-refractivity contribution in [1.29, 1.82) is 0 Å². The summed E-state index contributed by atoms with van der Waals surface area (Å²) in [4.78, 5) is 17.3. The number of rotatable bonds is 4. The Morgan fingerprint density at radius 1 is 1.15 bits per heavy atom. The highest BCUT2D eigenvalue weighted by Gasteiger charge is 2.20. The Balaban J connectivity index is 1.45. The molecular formula is C19H20N4O3S. The standard InChI is InChI=1S/C19H20N4O3S/c24-19-22-9-8-20-18(27-14-4-2-1-3-5-14)17(22)21-23(19)11-13-6-7-15-16(10-13)26-12-25-15/h6-10,14H,1-5,11-12H2. The van der Waals surface area contributed by atoms with Gasteiger partial charge in [-0.25, -0.2) is 18.9 Å². The highest BCUT2D eigenvalue weighted by atomic mass is 32.2. The van der Waals surface area contributed by atoms with Gasteiger partial charge in [0.05, 0.1) is 6.54 Å². The molecule has 3 aromatic rings. The van der Waals surface area contributed by atoms with Crippen molar-refractivity contribution in [1.82, 2.24) is 19.2 Å². The predicted octanol–water partition coefficient (Wildman–Crippen LogP) is 3.09. The minimum Gasteiger partial charge on any atom is -0.454 e. The molecule has 3 heterocycles. The molecule has 5 rings (SSSR count). The second-order valence-electron chi connectivity index (χ2n) is 6.93. The first-order chi connectivity index (χ1) is 13.3. The molecule has 8 heteroatoms. The van der Waals surface area contributed by atoms with Crippen molar-refractivity contribution >= 4 is 17.4 Å². The molecule has 0 amide bonds. The minimum absolute atomic E-state index is 0.157. The van der Waals surface area contributed by atoms with Crippen LogP contribution >= 0.6 is 11.8 Å². The number of fused-ring (bicyclic) bond motifs is 2. The summed E-state index contributed by atoms with van der Waals surface area (Å²) in [6.07, 6.45) is 9.64. The fraction of sp³-hybridized carbons (Fsp3) is 0.421. The van der Waals surface area contributed by atoms with E-state index in [1.54, 1.807) is 28.6 Å². The smallest absolute Gasteiger partial charge is 0.350 e. The molecule has 1 aromatic carbocycles. The molecular weight excluding hydrogens is 364 g/mol. The zero-order chi connectivity index (χ0) is 18.2. The molecule has 1 saturated carbocycles. The van der Waals surface area contributed by atoms with E-state index in [2.05, 4.69) is 10.1 Å². The van der Waals surface area contributed by atoms with Crippen molar-refractivity contribution in [3.05, 3.63) is 46.6 Å². The average molecular weight is 384 g/mol. The van der Waals surface area contributed by atoms with Crippen LogP contribution in [0, 0.1) is 0 Å². The van der Waals surface area contributed by atoms with Gasteiger partial charge in [-0.3, -0.25) is 0 Å². The molecule has 27 heavy (non-hydrogen) atoms. The Hall–Kier alpha value is -2.48. The number of ether oxygens (including phenoxy) is 2. The Morgan fingerprint density at radius 3 is 2.89 bits per heavy atom. The van der Waals surface area contributed by atoms with Gasteiger partial charge >= 0.3 is 5.69 Å². The van der Waals surface area contributed by atoms with Crippen molar-refractivity contribution in [3.63, 3.8) is 0 Å². The molecule has 2 aromatic heterocycles. The maximum absolute atomic E-state index is 12.8. The van der Waals surface area contributed by atoms with Gasteiger partial charge in [0, 0.05) is 17.6 Å². The van der Waals surface area contributed by atoms with E-state index in [9.17, 15) is 4.79 Å². The maximum atomic E-state index is 12.8. The molecule has 0 unspecified atom stereocenters. The molecule has 1 fully saturated rings. The van der Waals surface area contributed by atoms with Gasteiger partial charge in [-0.15, -0.1) is 5.10 Å². The van der Waals surface area contributed by atoms with Gasteiger partial charge < -0.3 is 9.47 Å². The van der Waals surface area contributed by atoms with E-state index in [0.29, 0.717) is 23.2 Å². The molecule has 7 nitrogen and oxygen atoms in total. The quantitative estimate of drug-likeness (QED) is 0.688. The largest absolute Gasteiger partial charge is 0.454 e. The molecule has 0 N–H and O–H groups in total. The van der Waals surface area contributed by atoms with Gasteiger partial charge in [-0.1, -0.05) is 37.1 Å². The van der Waals surface area contributed by atoms with Gasteiger partial charge in [0.1, 0.15) is 5.03 Å². The molecule has 0 saturated heterocycles. The van der Waals surface area contributed by atoms with E-state index in [0.717, 1.165) is 16.3 Å². The number of thioether (sulfide) groups is 1. The fourth-order valence-corrected chi connectivity index (χ4v) is 4.92. The van der Waals surface area contributed by atoms with Crippen LogP contribution in [0.25, 0.3) is 5.65 Å². The number of benzene rings is 1. The number of aromatic nitrogens is 4. The van der Waals surface area contributed by atoms with Gasteiger partial charge in [0.25, 0.3) is 0 Å². The van der Waals surface area contributed by atoms with Crippen molar-refractivity contribution in [2.24, 2.45) is 0 Å². The van der Waals surface area contributed by atoms with Crippen LogP contribution < -0.4 is 15.2 Å². The Morgan fingerprint density at radius 2 is 2.00 bits per heavy atom. The highest BCUT2D eigenvalue weighted by molar-refractivity contribution is 8.00. The number of hydrogen-bond acceptors (Lipinski definition) is 6.